The summed E-state index contributed by atoms with van der Waals surface area (Å²) in [5.74, 6) is 0. The van der Waals surface area contributed by atoms with E-state index in [1.807, 2.05) is 0 Å². The Kier molecular flexibility index (Phi) is 2.05. The first kappa shape index (κ1) is 8.98. The van der Waals surface area contributed by atoms with Gasteiger partial charge in [0.2, 0.25) is 0 Å². The lowest BCUT2D eigenvalue weighted by Crippen LogP contribution is -2.50. The van der Waals surface area contributed by atoms with Crippen molar-refractivity contribution in [2.24, 2.45) is 10.8 Å². The molecule has 1 saturated heterocycles. The highest BCUT2D eigenvalue weighted by Crippen LogP contribution is 2.50. The largest absolute Gasteiger partial charge is 0.396 e. The zero-order valence-electron chi connectivity index (χ0n) is 7.75. The average Bonchev–Trinajstić information content (AvgIpc) is 2.02. The third kappa shape index (κ3) is 1.34. The van der Waals surface area contributed by atoms with E-state index < -0.39 is 0 Å². The molecular formula is C10H15NO2. The third-order valence-corrected chi connectivity index (χ3v) is 3.41. The van der Waals surface area contributed by atoms with Gasteiger partial charge in [0.25, 0.3) is 0 Å². The summed E-state index contributed by atoms with van der Waals surface area (Å²) in [7, 11) is 0. The van der Waals surface area contributed by atoms with E-state index in [0.29, 0.717) is 13.2 Å². The van der Waals surface area contributed by atoms with Gasteiger partial charge in [0, 0.05) is 5.41 Å². The van der Waals surface area contributed by atoms with Gasteiger partial charge < -0.3 is 9.84 Å². The Hall–Kier alpha value is -0.590. The first-order valence-corrected chi connectivity index (χ1v) is 4.84. The zero-order chi connectivity index (χ0) is 9.36. The first-order chi connectivity index (χ1) is 6.24. The lowest BCUT2D eigenvalue weighted by molar-refractivity contribution is -0.158. The molecular weight excluding hydrogens is 166 g/mol. The van der Waals surface area contributed by atoms with Crippen LogP contribution in [0.1, 0.15) is 25.7 Å². The van der Waals surface area contributed by atoms with Crippen molar-refractivity contribution in [3.63, 3.8) is 0 Å². The van der Waals surface area contributed by atoms with Gasteiger partial charge in [0.05, 0.1) is 31.3 Å². The van der Waals surface area contributed by atoms with Crippen molar-refractivity contribution in [3.8, 4) is 6.07 Å². The van der Waals surface area contributed by atoms with Gasteiger partial charge in [-0.2, -0.15) is 5.26 Å². The summed E-state index contributed by atoms with van der Waals surface area (Å²) in [5, 5.41) is 18.3. The quantitative estimate of drug-likeness (QED) is 0.708. The molecule has 0 amide bonds. The zero-order valence-corrected chi connectivity index (χ0v) is 7.75. The molecule has 0 spiro atoms. The fraction of sp³-hybridized carbons (Fsp3) is 0.900. The highest BCUT2D eigenvalue weighted by molar-refractivity contribution is 5.08. The van der Waals surface area contributed by atoms with E-state index in [4.69, 9.17) is 10.00 Å². The molecule has 0 bridgehead atoms. The van der Waals surface area contributed by atoms with Crippen LogP contribution in [0, 0.1) is 22.2 Å². The van der Waals surface area contributed by atoms with Crippen LogP contribution in [0.2, 0.25) is 0 Å². The minimum absolute atomic E-state index is 0.0872. The van der Waals surface area contributed by atoms with Crippen molar-refractivity contribution >= 4 is 0 Å². The molecule has 1 heterocycles. The topological polar surface area (TPSA) is 53.2 Å². The number of nitriles is 1. The van der Waals surface area contributed by atoms with E-state index in [0.717, 1.165) is 25.7 Å². The van der Waals surface area contributed by atoms with Gasteiger partial charge in [-0.05, 0) is 19.3 Å². The molecule has 0 atom stereocenters. The first-order valence-electron chi connectivity index (χ1n) is 4.84. The Morgan fingerprint density at radius 1 is 1.38 bits per heavy atom. The number of hydrogen-bond donors (Lipinski definition) is 1. The lowest BCUT2D eigenvalue weighted by Gasteiger charge is -2.47. The van der Waals surface area contributed by atoms with Gasteiger partial charge in [-0.15, -0.1) is 0 Å². The van der Waals surface area contributed by atoms with Gasteiger partial charge in [0.15, 0.2) is 0 Å². The highest BCUT2D eigenvalue weighted by Gasteiger charge is 2.48. The molecule has 0 aromatic heterocycles. The predicted molar refractivity (Wildman–Crippen MR) is 46.9 cm³/mol. The van der Waals surface area contributed by atoms with Crippen LogP contribution in [0.25, 0.3) is 0 Å². The van der Waals surface area contributed by atoms with E-state index in [1.165, 1.54) is 0 Å². The molecule has 2 fully saturated rings. The van der Waals surface area contributed by atoms with E-state index in [2.05, 4.69) is 6.07 Å². The molecule has 0 unspecified atom stereocenters. The van der Waals surface area contributed by atoms with Crippen LogP contribution in [0.5, 0.6) is 0 Å². The van der Waals surface area contributed by atoms with Crippen molar-refractivity contribution in [1.82, 2.24) is 0 Å². The fourth-order valence-electron chi connectivity index (χ4n) is 2.29. The Bertz CT molecular complexity index is 230. The fourth-order valence-corrected chi connectivity index (χ4v) is 2.29. The predicted octanol–water partition coefficient (Wildman–Crippen LogP) is 1.08. The molecule has 2 aliphatic rings. The minimum atomic E-state index is -0.132. The second kappa shape index (κ2) is 2.97. The SMILES string of the molecule is N#CC1(CC2(CO)COC2)CCC1. The summed E-state index contributed by atoms with van der Waals surface area (Å²) in [6.45, 7) is 1.43. The number of hydrogen-bond acceptors (Lipinski definition) is 3. The van der Waals surface area contributed by atoms with Gasteiger partial charge in [-0.1, -0.05) is 6.42 Å². The molecule has 3 nitrogen and oxygen atoms in total. The number of nitrogens with zero attached hydrogens (tertiary/aromatic N) is 1. The van der Waals surface area contributed by atoms with E-state index >= 15 is 0 Å². The second-order valence-electron chi connectivity index (χ2n) is 4.57. The normalized spacial score (nSPS) is 28.3. The van der Waals surface area contributed by atoms with Crippen molar-refractivity contribution in [2.75, 3.05) is 19.8 Å². The van der Waals surface area contributed by atoms with Gasteiger partial charge in [-0.25, -0.2) is 0 Å². The summed E-state index contributed by atoms with van der Waals surface area (Å²) >= 11 is 0. The second-order valence-corrected chi connectivity index (χ2v) is 4.57. The van der Waals surface area contributed by atoms with Crippen LogP contribution in [-0.4, -0.2) is 24.9 Å². The average molecular weight is 181 g/mol. The number of rotatable bonds is 3. The van der Waals surface area contributed by atoms with Gasteiger partial charge in [0.1, 0.15) is 0 Å². The summed E-state index contributed by atoms with van der Waals surface area (Å²) in [6.07, 6.45) is 4.00. The Balaban J connectivity index is 1.99. The van der Waals surface area contributed by atoms with E-state index in [1.54, 1.807) is 0 Å². The summed E-state index contributed by atoms with van der Waals surface area (Å²) in [5.41, 5.74) is -0.220. The molecule has 13 heavy (non-hydrogen) atoms. The lowest BCUT2D eigenvalue weighted by atomic mass is 9.61. The maximum Gasteiger partial charge on any atom is 0.0690 e. The van der Waals surface area contributed by atoms with Crippen LogP contribution in [0.3, 0.4) is 0 Å². The van der Waals surface area contributed by atoms with Crippen molar-refractivity contribution < 1.29 is 9.84 Å². The van der Waals surface area contributed by atoms with Crippen LogP contribution in [0.15, 0.2) is 0 Å². The van der Waals surface area contributed by atoms with Crippen LogP contribution in [-0.2, 0) is 4.74 Å². The molecule has 0 radical (unpaired) electrons. The number of aliphatic hydroxyl groups is 1. The maximum atomic E-state index is 9.23. The summed E-state index contributed by atoms with van der Waals surface area (Å²) in [6, 6.07) is 2.41. The maximum absolute atomic E-state index is 9.23. The Morgan fingerprint density at radius 3 is 2.31 bits per heavy atom. The molecule has 1 aliphatic heterocycles. The van der Waals surface area contributed by atoms with E-state index in [-0.39, 0.29) is 17.4 Å². The molecule has 1 saturated carbocycles. The van der Waals surface area contributed by atoms with Gasteiger partial charge in [-0.3, -0.25) is 0 Å². The Labute approximate surface area is 78.3 Å². The number of ether oxygens (including phenoxy) is 1. The van der Waals surface area contributed by atoms with Crippen molar-refractivity contribution in [3.05, 3.63) is 0 Å². The smallest absolute Gasteiger partial charge is 0.0690 e. The summed E-state index contributed by atoms with van der Waals surface area (Å²) < 4.78 is 5.12. The Morgan fingerprint density at radius 2 is 2.08 bits per heavy atom. The van der Waals surface area contributed by atoms with Crippen LogP contribution >= 0.6 is 0 Å². The van der Waals surface area contributed by atoms with Crippen molar-refractivity contribution in [1.29, 1.82) is 5.26 Å². The standard InChI is InChI=1S/C10H15NO2/c11-5-9(2-1-3-9)4-10(6-12)7-13-8-10/h12H,1-4,6-8H2. The van der Waals surface area contributed by atoms with Crippen molar-refractivity contribution in [2.45, 2.75) is 25.7 Å². The highest BCUT2D eigenvalue weighted by atomic mass is 16.5. The molecule has 72 valence electrons. The monoisotopic (exact) mass is 181 g/mol. The molecule has 1 aliphatic carbocycles. The van der Waals surface area contributed by atoms with Crippen LogP contribution in [0.4, 0.5) is 0 Å². The number of aliphatic hydroxyl groups excluding tert-OH is 1. The molecule has 0 aromatic carbocycles. The molecule has 1 N–H and O–H groups in total. The third-order valence-electron chi connectivity index (χ3n) is 3.41. The van der Waals surface area contributed by atoms with Crippen LogP contribution < -0.4 is 0 Å². The molecule has 0 aromatic rings. The minimum Gasteiger partial charge on any atom is -0.396 e. The summed E-state index contributed by atoms with van der Waals surface area (Å²) in [4.78, 5) is 0. The van der Waals surface area contributed by atoms with E-state index in [9.17, 15) is 5.11 Å². The molecule has 3 heteroatoms. The van der Waals surface area contributed by atoms with Gasteiger partial charge >= 0.3 is 0 Å². The molecule has 2 rings (SSSR count).